The molecule has 0 radical (unpaired) electrons. The summed E-state index contributed by atoms with van der Waals surface area (Å²) in [6, 6.07) is 12.2. The molecule has 19 heavy (non-hydrogen) atoms. The van der Waals surface area contributed by atoms with Gasteiger partial charge in [-0.15, -0.1) is 0 Å². The summed E-state index contributed by atoms with van der Waals surface area (Å²) in [5.41, 5.74) is 7.64. The largest absolute Gasteiger partial charge is 0.397 e. The number of rotatable bonds is 2. The van der Waals surface area contributed by atoms with E-state index in [0.29, 0.717) is 22.0 Å². The van der Waals surface area contributed by atoms with Crippen LogP contribution in [0.2, 0.25) is 5.02 Å². The maximum Gasteiger partial charge on any atom is 0.258 e. The molecule has 3 nitrogen and oxygen atoms in total. The summed E-state index contributed by atoms with van der Waals surface area (Å²) in [6.45, 7) is 0. The molecule has 0 heterocycles. The minimum atomic E-state index is -0.156. The van der Waals surface area contributed by atoms with Gasteiger partial charge in [0.15, 0.2) is 0 Å². The standard InChI is InChI=1S/C14H12BrClN2O/c1-18(13-6-5-10(15)8-12(13)17)14(19)9-3-2-4-11(16)7-9/h2-8H,17H2,1H3. The zero-order valence-corrected chi connectivity index (χ0v) is 12.6. The number of hydrogen-bond acceptors (Lipinski definition) is 2. The third kappa shape index (κ3) is 3.08. The molecule has 98 valence electrons. The van der Waals surface area contributed by atoms with E-state index in [-0.39, 0.29) is 5.91 Å². The van der Waals surface area contributed by atoms with Crippen LogP contribution >= 0.6 is 27.5 Å². The van der Waals surface area contributed by atoms with Crippen molar-refractivity contribution in [1.29, 1.82) is 0 Å². The summed E-state index contributed by atoms with van der Waals surface area (Å²) >= 11 is 9.23. The molecular formula is C14H12BrClN2O. The molecule has 0 spiro atoms. The molecular weight excluding hydrogens is 328 g/mol. The fourth-order valence-corrected chi connectivity index (χ4v) is 2.32. The van der Waals surface area contributed by atoms with Gasteiger partial charge in [0.05, 0.1) is 11.4 Å². The molecule has 2 rings (SSSR count). The molecule has 5 heteroatoms. The highest BCUT2D eigenvalue weighted by Gasteiger charge is 2.15. The number of carbonyl (C=O) groups is 1. The van der Waals surface area contributed by atoms with Gasteiger partial charge in [-0.2, -0.15) is 0 Å². The van der Waals surface area contributed by atoms with Crippen LogP contribution in [0.5, 0.6) is 0 Å². The summed E-state index contributed by atoms with van der Waals surface area (Å²) in [7, 11) is 1.68. The van der Waals surface area contributed by atoms with Crippen LogP contribution < -0.4 is 10.6 Å². The number of amides is 1. The summed E-state index contributed by atoms with van der Waals surface area (Å²) in [4.78, 5) is 13.8. The van der Waals surface area contributed by atoms with Gasteiger partial charge in [0.25, 0.3) is 5.91 Å². The molecule has 0 bridgehead atoms. The Morgan fingerprint density at radius 2 is 2.00 bits per heavy atom. The second-order valence-corrected chi connectivity index (χ2v) is 5.43. The smallest absolute Gasteiger partial charge is 0.258 e. The van der Waals surface area contributed by atoms with Crippen molar-refractivity contribution in [2.45, 2.75) is 0 Å². The highest BCUT2D eigenvalue weighted by Crippen LogP contribution is 2.27. The predicted octanol–water partition coefficient (Wildman–Crippen LogP) is 3.96. The molecule has 2 aromatic carbocycles. The lowest BCUT2D eigenvalue weighted by Crippen LogP contribution is -2.26. The summed E-state index contributed by atoms with van der Waals surface area (Å²) in [6.07, 6.45) is 0. The lowest BCUT2D eigenvalue weighted by Gasteiger charge is -2.19. The van der Waals surface area contributed by atoms with Crippen LogP contribution in [-0.4, -0.2) is 13.0 Å². The van der Waals surface area contributed by atoms with Crippen molar-refractivity contribution >= 4 is 44.8 Å². The van der Waals surface area contributed by atoms with Crippen molar-refractivity contribution in [3.8, 4) is 0 Å². The number of nitrogens with two attached hydrogens (primary N) is 1. The second-order valence-electron chi connectivity index (χ2n) is 4.08. The fraction of sp³-hybridized carbons (Fsp3) is 0.0714. The summed E-state index contributed by atoms with van der Waals surface area (Å²) in [5.74, 6) is -0.156. The maximum atomic E-state index is 12.3. The first-order chi connectivity index (χ1) is 8.99. The summed E-state index contributed by atoms with van der Waals surface area (Å²) < 4.78 is 0.873. The Bertz CT molecular complexity index is 631. The molecule has 0 saturated carbocycles. The van der Waals surface area contributed by atoms with E-state index in [1.54, 1.807) is 43.4 Å². The van der Waals surface area contributed by atoms with E-state index >= 15 is 0 Å². The average Bonchev–Trinajstić information content (AvgIpc) is 2.37. The number of benzene rings is 2. The van der Waals surface area contributed by atoms with Crippen molar-refractivity contribution in [3.05, 3.63) is 57.5 Å². The van der Waals surface area contributed by atoms with Gasteiger partial charge in [-0.3, -0.25) is 4.79 Å². The molecule has 0 aliphatic rings. The lowest BCUT2D eigenvalue weighted by molar-refractivity contribution is 0.0993. The van der Waals surface area contributed by atoms with Gasteiger partial charge in [-0.05, 0) is 36.4 Å². The van der Waals surface area contributed by atoms with E-state index in [9.17, 15) is 4.79 Å². The molecule has 1 amide bonds. The number of anilines is 2. The molecule has 0 atom stereocenters. The highest BCUT2D eigenvalue weighted by atomic mass is 79.9. The van der Waals surface area contributed by atoms with Crippen LogP contribution in [0.1, 0.15) is 10.4 Å². The van der Waals surface area contributed by atoms with E-state index in [4.69, 9.17) is 17.3 Å². The van der Waals surface area contributed by atoms with Crippen LogP contribution in [0.4, 0.5) is 11.4 Å². The van der Waals surface area contributed by atoms with Gasteiger partial charge >= 0.3 is 0 Å². The molecule has 0 aliphatic carbocycles. The number of nitrogen functional groups attached to an aromatic ring is 1. The van der Waals surface area contributed by atoms with E-state index in [2.05, 4.69) is 15.9 Å². The van der Waals surface area contributed by atoms with Crippen LogP contribution in [0.25, 0.3) is 0 Å². The minimum Gasteiger partial charge on any atom is -0.397 e. The van der Waals surface area contributed by atoms with Gasteiger partial charge in [-0.1, -0.05) is 33.6 Å². The zero-order chi connectivity index (χ0) is 14.0. The molecule has 2 aromatic rings. The Morgan fingerprint density at radius 1 is 1.26 bits per heavy atom. The Morgan fingerprint density at radius 3 is 2.63 bits per heavy atom. The van der Waals surface area contributed by atoms with Crippen molar-refractivity contribution in [2.24, 2.45) is 0 Å². The third-order valence-electron chi connectivity index (χ3n) is 2.73. The van der Waals surface area contributed by atoms with Crippen molar-refractivity contribution < 1.29 is 4.79 Å². The van der Waals surface area contributed by atoms with E-state index in [1.807, 2.05) is 6.07 Å². The Hall–Kier alpha value is -1.52. The highest BCUT2D eigenvalue weighted by molar-refractivity contribution is 9.10. The van der Waals surface area contributed by atoms with Gasteiger partial charge in [0, 0.05) is 22.1 Å². The van der Waals surface area contributed by atoms with Gasteiger partial charge in [0.2, 0.25) is 0 Å². The van der Waals surface area contributed by atoms with E-state index in [1.165, 1.54) is 4.90 Å². The van der Waals surface area contributed by atoms with Crippen molar-refractivity contribution in [2.75, 3.05) is 17.7 Å². The van der Waals surface area contributed by atoms with Gasteiger partial charge in [-0.25, -0.2) is 0 Å². The Balaban J connectivity index is 2.33. The van der Waals surface area contributed by atoms with Crippen LogP contribution in [0.15, 0.2) is 46.9 Å². The van der Waals surface area contributed by atoms with E-state index in [0.717, 1.165) is 4.47 Å². The predicted molar refractivity (Wildman–Crippen MR) is 82.7 cm³/mol. The fourth-order valence-electron chi connectivity index (χ4n) is 1.76. The number of nitrogens with zero attached hydrogens (tertiary/aromatic N) is 1. The van der Waals surface area contributed by atoms with Crippen molar-refractivity contribution in [1.82, 2.24) is 0 Å². The SMILES string of the molecule is CN(C(=O)c1cccc(Cl)c1)c1ccc(Br)cc1N. The van der Waals surface area contributed by atoms with Crippen LogP contribution in [0, 0.1) is 0 Å². The maximum absolute atomic E-state index is 12.3. The number of halogens is 2. The number of hydrogen-bond donors (Lipinski definition) is 1. The van der Waals surface area contributed by atoms with Gasteiger partial charge < -0.3 is 10.6 Å². The summed E-state index contributed by atoms with van der Waals surface area (Å²) in [5, 5.41) is 0.531. The Labute approximate surface area is 125 Å². The Kier molecular flexibility index (Phi) is 4.12. The zero-order valence-electron chi connectivity index (χ0n) is 10.2. The molecule has 0 aliphatic heterocycles. The second kappa shape index (κ2) is 5.63. The minimum absolute atomic E-state index is 0.156. The normalized spacial score (nSPS) is 10.3. The molecule has 0 unspecified atom stereocenters. The van der Waals surface area contributed by atoms with E-state index < -0.39 is 0 Å². The van der Waals surface area contributed by atoms with Crippen molar-refractivity contribution in [3.63, 3.8) is 0 Å². The monoisotopic (exact) mass is 338 g/mol. The average molecular weight is 340 g/mol. The molecule has 2 N–H and O–H groups in total. The lowest BCUT2D eigenvalue weighted by atomic mass is 10.2. The molecule has 0 fully saturated rings. The first kappa shape index (κ1) is 13.9. The number of carbonyl (C=O) groups excluding carboxylic acids is 1. The van der Waals surface area contributed by atoms with Gasteiger partial charge in [0.1, 0.15) is 0 Å². The van der Waals surface area contributed by atoms with Crippen LogP contribution in [0.3, 0.4) is 0 Å². The topological polar surface area (TPSA) is 46.3 Å². The first-order valence-corrected chi connectivity index (χ1v) is 6.75. The first-order valence-electron chi connectivity index (χ1n) is 5.57. The van der Waals surface area contributed by atoms with Crippen LogP contribution in [-0.2, 0) is 0 Å². The third-order valence-corrected chi connectivity index (χ3v) is 3.46. The molecule has 0 aromatic heterocycles. The quantitative estimate of drug-likeness (QED) is 0.842. The molecule has 0 saturated heterocycles.